The van der Waals surface area contributed by atoms with E-state index in [1.807, 2.05) is 25.1 Å². The summed E-state index contributed by atoms with van der Waals surface area (Å²) in [5.41, 5.74) is 3.98. The highest BCUT2D eigenvalue weighted by atomic mass is 16.4. The number of rotatable bonds is 9. The zero-order valence-electron chi connectivity index (χ0n) is 25.3. The number of urea groups is 1. The second kappa shape index (κ2) is 14.8. The van der Waals surface area contributed by atoms with Crippen molar-refractivity contribution in [2.75, 3.05) is 41.7 Å². The van der Waals surface area contributed by atoms with Gasteiger partial charge in [-0.3, -0.25) is 24.4 Å². The van der Waals surface area contributed by atoms with Crippen LogP contribution in [0.4, 0.5) is 21.9 Å². The Kier molecular flexibility index (Phi) is 10.2. The first kappa shape index (κ1) is 31.6. The zero-order chi connectivity index (χ0) is 32.5. The molecule has 1 aliphatic heterocycles. The van der Waals surface area contributed by atoms with E-state index < -0.39 is 23.9 Å². The third-order valence-electron chi connectivity index (χ3n) is 7.59. The predicted octanol–water partition coefficient (Wildman–Crippen LogP) is 4.73. The Bertz CT molecular complexity index is 1700. The van der Waals surface area contributed by atoms with Gasteiger partial charge in [-0.15, -0.1) is 0 Å². The van der Waals surface area contributed by atoms with Gasteiger partial charge < -0.3 is 30.9 Å². The van der Waals surface area contributed by atoms with Gasteiger partial charge in [0, 0.05) is 62.2 Å². The summed E-state index contributed by atoms with van der Waals surface area (Å²) in [6, 6.07) is 17.9. The Balaban J connectivity index is 1.39. The fourth-order valence-corrected chi connectivity index (χ4v) is 5.34. The number of amides is 4. The number of aryl methyl sites for hydroxylation is 1. The average Bonchev–Trinajstić information content (AvgIpc) is 3.31. The van der Waals surface area contributed by atoms with Crippen molar-refractivity contribution >= 4 is 40.9 Å². The van der Waals surface area contributed by atoms with E-state index in [2.05, 4.69) is 30.8 Å². The Labute approximate surface area is 266 Å². The summed E-state index contributed by atoms with van der Waals surface area (Å²) in [5, 5.41) is 18.0. The average molecular weight is 622 g/mol. The number of nitrogens with one attached hydrogen (secondary N) is 3. The number of nitrogens with zero attached hydrogens (tertiary/aromatic N) is 4. The molecule has 1 unspecified atom stereocenters. The minimum Gasteiger partial charge on any atom is -0.481 e. The molecule has 2 aromatic heterocycles. The van der Waals surface area contributed by atoms with Crippen molar-refractivity contribution in [2.24, 2.45) is 0 Å². The van der Waals surface area contributed by atoms with Crippen LogP contribution in [0.2, 0.25) is 0 Å². The molecule has 46 heavy (non-hydrogen) atoms. The zero-order valence-corrected chi connectivity index (χ0v) is 25.3. The lowest BCUT2D eigenvalue weighted by Gasteiger charge is -2.27. The van der Waals surface area contributed by atoms with E-state index in [1.165, 1.54) is 6.20 Å². The van der Waals surface area contributed by atoms with E-state index in [-0.39, 0.29) is 17.9 Å². The minimum atomic E-state index is -1.07. The highest BCUT2D eigenvalue weighted by molar-refractivity contribution is 6.04. The molecule has 12 heteroatoms. The molecule has 0 bridgehead atoms. The van der Waals surface area contributed by atoms with Crippen LogP contribution in [-0.4, -0.2) is 70.0 Å². The first-order valence-electron chi connectivity index (χ1n) is 14.9. The Morgan fingerprint density at radius 1 is 0.848 bits per heavy atom. The van der Waals surface area contributed by atoms with Gasteiger partial charge in [-0.05, 0) is 73.0 Å². The summed E-state index contributed by atoms with van der Waals surface area (Å²) in [4.78, 5) is 63.3. The number of hydrogen-bond donors (Lipinski definition) is 4. The summed E-state index contributed by atoms with van der Waals surface area (Å²) < 4.78 is 0. The summed E-state index contributed by atoms with van der Waals surface area (Å²) in [6.45, 7) is 4.03. The molecule has 12 nitrogen and oxygen atoms in total. The van der Waals surface area contributed by atoms with Gasteiger partial charge in [0.05, 0.1) is 29.4 Å². The molecule has 4 aromatic rings. The summed E-state index contributed by atoms with van der Waals surface area (Å²) in [6.07, 6.45) is 6.62. The van der Waals surface area contributed by atoms with Crippen molar-refractivity contribution in [2.45, 2.75) is 25.8 Å². The molecule has 0 radical (unpaired) electrons. The molecule has 4 amide bonds. The summed E-state index contributed by atoms with van der Waals surface area (Å²) >= 11 is 0. The van der Waals surface area contributed by atoms with Crippen LogP contribution in [-0.2, 0) is 4.79 Å². The number of anilines is 3. The molecule has 1 aliphatic rings. The van der Waals surface area contributed by atoms with Crippen molar-refractivity contribution in [3.8, 4) is 0 Å². The quantitative estimate of drug-likeness (QED) is 0.209. The SMILES string of the molecule is Cc1cccc(NC(=O)Nc2cc(C(=O)NC(CC(=O)O)c3cccnc3)ccc2N2CCCN(C(=O)c3cccnc3)CC2)c1. The van der Waals surface area contributed by atoms with Crippen molar-refractivity contribution in [3.63, 3.8) is 0 Å². The maximum Gasteiger partial charge on any atom is 0.323 e. The first-order valence-corrected chi connectivity index (χ1v) is 14.9. The lowest BCUT2D eigenvalue weighted by molar-refractivity contribution is -0.137. The molecule has 0 saturated carbocycles. The summed E-state index contributed by atoms with van der Waals surface area (Å²) in [7, 11) is 0. The molecule has 5 rings (SSSR count). The van der Waals surface area contributed by atoms with Gasteiger partial charge in [0.15, 0.2) is 0 Å². The highest BCUT2D eigenvalue weighted by Crippen LogP contribution is 2.30. The predicted molar refractivity (Wildman–Crippen MR) is 174 cm³/mol. The van der Waals surface area contributed by atoms with E-state index in [9.17, 15) is 24.3 Å². The van der Waals surface area contributed by atoms with Crippen LogP contribution in [0, 0.1) is 6.92 Å². The molecule has 1 saturated heterocycles. The van der Waals surface area contributed by atoms with Gasteiger partial charge in [0.25, 0.3) is 11.8 Å². The standard InChI is InChI=1S/C34H35N7O5/c1-23-6-2-9-27(18-23)37-34(46)39-29-19-24(32(44)38-28(20-31(42)43)25-7-3-12-35-21-25)10-11-30(29)40-14-5-15-41(17-16-40)33(45)26-8-4-13-36-22-26/h2-4,6-13,18-19,21-22,28H,5,14-17,20H2,1H3,(H,38,44)(H,42,43)(H2,37,39,46). The van der Waals surface area contributed by atoms with E-state index >= 15 is 0 Å². The fraction of sp³-hybridized carbons (Fsp3) is 0.235. The maximum absolute atomic E-state index is 13.5. The van der Waals surface area contributed by atoms with Crippen molar-refractivity contribution in [1.82, 2.24) is 20.2 Å². The minimum absolute atomic E-state index is 0.0950. The van der Waals surface area contributed by atoms with Crippen LogP contribution in [0.25, 0.3) is 0 Å². The molecule has 2 aromatic carbocycles. The van der Waals surface area contributed by atoms with Crippen molar-refractivity contribution in [3.05, 3.63) is 114 Å². The van der Waals surface area contributed by atoms with Crippen LogP contribution in [0.5, 0.6) is 0 Å². The molecule has 1 atom stereocenters. The van der Waals surface area contributed by atoms with Crippen LogP contribution in [0.15, 0.2) is 91.5 Å². The van der Waals surface area contributed by atoms with Gasteiger partial charge in [0.1, 0.15) is 0 Å². The molecular formula is C34H35N7O5. The normalized spacial score (nSPS) is 13.7. The third-order valence-corrected chi connectivity index (χ3v) is 7.59. The second-order valence-corrected chi connectivity index (χ2v) is 11.0. The fourth-order valence-electron chi connectivity index (χ4n) is 5.34. The van der Waals surface area contributed by atoms with E-state index in [0.29, 0.717) is 60.8 Å². The van der Waals surface area contributed by atoms with E-state index in [0.717, 1.165) is 5.56 Å². The Morgan fingerprint density at radius 2 is 1.65 bits per heavy atom. The number of pyridine rings is 2. The number of carboxylic acid groups (broad SMARTS) is 1. The number of hydrogen-bond acceptors (Lipinski definition) is 7. The molecular weight excluding hydrogens is 586 g/mol. The lowest BCUT2D eigenvalue weighted by Crippen LogP contribution is -2.35. The largest absolute Gasteiger partial charge is 0.481 e. The lowest BCUT2D eigenvalue weighted by atomic mass is 10.0. The van der Waals surface area contributed by atoms with Crippen LogP contribution in [0.3, 0.4) is 0 Å². The van der Waals surface area contributed by atoms with Gasteiger partial charge in [-0.2, -0.15) is 0 Å². The Hall–Kier alpha value is -5.78. The van der Waals surface area contributed by atoms with E-state index in [4.69, 9.17) is 0 Å². The molecule has 236 valence electrons. The number of carbonyl (C=O) groups excluding carboxylic acids is 3. The molecule has 4 N–H and O–H groups in total. The number of aromatic nitrogens is 2. The second-order valence-electron chi connectivity index (χ2n) is 11.0. The van der Waals surface area contributed by atoms with Crippen molar-refractivity contribution < 1.29 is 24.3 Å². The first-order chi connectivity index (χ1) is 22.3. The maximum atomic E-state index is 13.5. The van der Waals surface area contributed by atoms with Gasteiger partial charge in [-0.25, -0.2) is 4.79 Å². The molecule has 0 spiro atoms. The number of carbonyl (C=O) groups is 4. The number of aliphatic carboxylic acids is 1. The monoisotopic (exact) mass is 621 g/mol. The van der Waals surface area contributed by atoms with Crippen LogP contribution >= 0.6 is 0 Å². The highest BCUT2D eigenvalue weighted by Gasteiger charge is 2.24. The van der Waals surface area contributed by atoms with Crippen molar-refractivity contribution in [1.29, 1.82) is 0 Å². The Morgan fingerprint density at radius 3 is 2.37 bits per heavy atom. The molecule has 0 aliphatic carbocycles. The van der Waals surface area contributed by atoms with Crippen LogP contribution in [0.1, 0.15) is 50.7 Å². The topological polar surface area (TPSA) is 157 Å². The van der Waals surface area contributed by atoms with Gasteiger partial charge in [-0.1, -0.05) is 18.2 Å². The van der Waals surface area contributed by atoms with Gasteiger partial charge in [0.2, 0.25) is 0 Å². The third kappa shape index (κ3) is 8.23. The van der Waals surface area contributed by atoms with Crippen LogP contribution < -0.4 is 20.9 Å². The van der Waals surface area contributed by atoms with E-state index in [1.54, 1.807) is 72.0 Å². The summed E-state index contributed by atoms with van der Waals surface area (Å²) in [5.74, 6) is -1.67. The molecule has 1 fully saturated rings. The molecule has 3 heterocycles. The van der Waals surface area contributed by atoms with Gasteiger partial charge >= 0.3 is 12.0 Å². The smallest absolute Gasteiger partial charge is 0.323 e. The number of carboxylic acids is 1. The number of benzene rings is 2.